The van der Waals surface area contributed by atoms with Crippen molar-refractivity contribution in [1.29, 1.82) is 0 Å². The van der Waals surface area contributed by atoms with E-state index in [1.165, 1.54) is 23.6 Å². The number of nitrogens with one attached hydrogen (secondary N) is 1. The van der Waals surface area contributed by atoms with Crippen LogP contribution in [0.4, 0.5) is 0 Å². The van der Waals surface area contributed by atoms with Gasteiger partial charge in [0.25, 0.3) is 10.0 Å². The molecule has 0 aliphatic carbocycles. The molecule has 2 fully saturated rings. The number of sulfonamides is 1. The van der Waals surface area contributed by atoms with Crippen molar-refractivity contribution in [2.75, 3.05) is 39.8 Å². The zero-order valence-corrected chi connectivity index (χ0v) is 15.4. The van der Waals surface area contributed by atoms with Crippen LogP contribution in [0.15, 0.2) is 21.6 Å². The van der Waals surface area contributed by atoms with Crippen LogP contribution in [0.5, 0.6) is 0 Å². The van der Waals surface area contributed by atoms with Gasteiger partial charge in [-0.2, -0.15) is 4.31 Å². The van der Waals surface area contributed by atoms with Crippen LogP contribution < -0.4 is 5.32 Å². The molecule has 3 heterocycles. The van der Waals surface area contributed by atoms with Gasteiger partial charge in [0.05, 0.1) is 6.54 Å². The Morgan fingerprint density at radius 2 is 1.88 bits per heavy atom. The Morgan fingerprint density at radius 3 is 2.54 bits per heavy atom. The third-order valence-electron chi connectivity index (χ3n) is 5.19. The molecular formula is C17H29N3O3S. The molecule has 0 amide bonds. The summed E-state index contributed by atoms with van der Waals surface area (Å²) < 4.78 is 32.2. The maximum atomic E-state index is 12.5. The fourth-order valence-corrected chi connectivity index (χ4v) is 5.09. The molecular weight excluding hydrogens is 326 g/mol. The van der Waals surface area contributed by atoms with Gasteiger partial charge in [0, 0.05) is 13.1 Å². The quantitative estimate of drug-likeness (QED) is 0.809. The van der Waals surface area contributed by atoms with E-state index in [0.29, 0.717) is 19.6 Å². The van der Waals surface area contributed by atoms with E-state index in [2.05, 4.69) is 10.2 Å². The van der Waals surface area contributed by atoms with Crippen molar-refractivity contribution in [1.82, 2.24) is 14.5 Å². The lowest BCUT2D eigenvalue weighted by molar-refractivity contribution is 0.159. The fourth-order valence-electron chi connectivity index (χ4n) is 3.64. The van der Waals surface area contributed by atoms with Crippen LogP contribution in [0.1, 0.15) is 37.9 Å². The SMILES string of the molecule is CNCCC1CCN(Cc2ccc(S(=O)(=O)N3CCCC3)o2)CC1. The summed E-state index contributed by atoms with van der Waals surface area (Å²) in [7, 11) is -1.44. The van der Waals surface area contributed by atoms with E-state index in [1.807, 2.05) is 13.1 Å². The van der Waals surface area contributed by atoms with E-state index in [9.17, 15) is 8.42 Å². The van der Waals surface area contributed by atoms with Gasteiger partial charge in [-0.3, -0.25) is 4.90 Å². The second-order valence-electron chi connectivity index (χ2n) is 6.94. The molecule has 0 spiro atoms. The molecule has 1 N–H and O–H groups in total. The number of hydrogen-bond acceptors (Lipinski definition) is 5. The second kappa shape index (κ2) is 7.99. The van der Waals surface area contributed by atoms with Crippen molar-refractivity contribution in [3.63, 3.8) is 0 Å². The molecule has 24 heavy (non-hydrogen) atoms. The Morgan fingerprint density at radius 1 is 1.17 bits per heavy atom. The van der Waals surface area contributed by atoms with Gasteiger partial charge in [0.1, 0.15) is 5.76 Å². The average molecular weight is 356 g/mol. The number of piperidine rings is 1. The average Bonchev–Trinajstić information content (AvgIpc) is 3.26. The Balaban J connectivity index is 1.53. The highest BCUT2D eigenvalue weighted by molar-refractivity contribution is 7.89. The fraction of sp³-hybridized carbons (Fsp3) is 0.765. The molecule has 136 valence electrons. The predicted molar refractivity (Wildman–Crippen MR) is 93.2 cm³/mol. The van der Waals surface area contributed by atoms with Crippen molar-refractivity contribution >= 4 is 10.0 Å². The molecule has 0 atom stereocenters. The highest BCUT2D eigenvalue weighted by atomic mass is 32.2. The van der Waals surface area contributed by atoms with Crippen LogP contribution >= 0.6 is 0 Å². The molecule has 1 aromatic rings. The van der Waals surface area contributed by atoms with Gasteiger partial charge >= 0.3 is 0 Å². The Labute approximate surface area is 145 Å². The number of likely N-dealkylation sites (tertiary alicyclic amines) is 1. The second-order valence-corrected chi connectivity index (χ2v) is 8.81. The normalized spacial score (nSPS) is 21.5. The zero-order chi connectivity index (χ0) is 17.0. The Bertz CT molecular complexity index is 615. The zero-order valence-electron chi connectivity index (χ0n) is 14.5. The largest absolute Gasteiger partial charge is 0.447 e. The van der Waals surface area contributed by atoms with Crippen LogP contribution in [0, 0.1) is 5.92 Å². The van der Waals surface area contributed by atoms with Crippen LogP contribution in [-0.4, -0.2) is 57.4 Å². The number of nitrogens with zero attached hydrogens (tertiary/aromatic N) is 2. The summed E-state index contributed by atoms with van der Waals surface area (Å²) in [4.78, 5) is 2.36. The van der Waals surface area contributed by atoms with Gasteiger partial charge in [-0.15, -0.1) is 0 Å². The number of hydrogen-bond donors (Lipinski definition) is 1. The smallest absolute Gasteiger partial charge is 0.276 e. The molecule has 1 aromatic heterocycles. The molecule has 2 aliphatic rings. The molecule has 0 saturated carbocycles. The minimum Gasteiger partial charge on any atom is -0.447 e. The summed E-state index contributed by atoms with van der Waals surface area (Å²) in [6.07, 6.45) is 5.54. The van der Waals surface area contributed by atoms with Crippen molar-refractivity contribution in [3.05, 3.63) is 17.9 Å². The van der Waals surface area contributed by atoms with E-state index in [1.54, 1.807) is 6.07 Å². The summed E-state index contributed by atoms with van der Waals surface area (Å²) in [5.41, 5.74) is 0. The highest BCUT2D eigenvalue weighted by Crippen LogP contribution is 2.25. The van der Waals surface area contributed by atoms with Gasteiger partial charge in [-0.1, -0.05) is 0 Å². The van der Waals surface area contributed by atoms with E-state index >= 15 is 0 Å². The summed E-state index contributed by atoms with van der Waals surface area (Å²) >= 11 is 0. The van der Waals surface area contributed by atoms with Crippen LogP contribution in [0.2, 0.25) is 0 Å². The first kappa shape index (κ1) is 17.9. The molecule has 2 saturated heterocycles. The van der Waals surface area contributed by atoms with E-state index < -0.39 is 10.0 Å². The van der Waals surface area contributed by atoms with Gasteiger partial charge in [-0.25, -0.2) is 8.42 Å². The third-order valence-corrected chi connectivity index (χ3v) is 6.96. The summed E-state index contributed by atoms with van der Waals surface area (Å²) in [5.74, 6) is 1.55. The Kier molecular flexibility index (Phi) is 5.97. The Hall–Kier alpha value is -0.890. The predicted octanol–water partition coefficient (Wildman–Crippen LogP) is 1.89. The molecule has 0 unspecified atom stereocenters. The first-order chi connectivity index (χ1) is 11.6. The molecule has 0 radical (unpaired) electrons. The minimum absolute atomic E-state index is 0.100. The van der Waals surface area contributed by atoms with Crippen LogP contribution in [-0.2, 0) is 16.6 Å². The van der Waals surface area contributed by atoms with E-state index in [4.69, 9.17) is 4.42 Å². The third kappa shape index (κ3) is 4.20. The van der Waals surface area contributed by atoms with E-state index in [0.717, 1.165) is 44.2 Å². The molecule has 7 heteroatoms. The van der Waals surface area contributed by atoms with Gasteiger partial charge in [0.15, 0.2) is 0 Å². The lowest BCUT2D eigenvalue weighted by atomic mass is 9.93. The minimum atomic E-state index is -3.44. The van der Waals surface area contributed by atoms with Gasteiger partial charge < -0.3 is 9.73 Å². The lowest BCUT2D eigenvalue weighted by Crippen LogP contribution is -2.34. The first-order valence-electron chi connectivity index (χ1n) is 9.05. The maximum absolute atomic E-state index is 12.5. The topological polar surface area (TPSA) is 65.8 Å². The van der Waals surface area contributed by atoms with Gasteiger partial charge in [-0.05, 0) is 76.8 Å². The standard InChI is InChI=1S/C17H29N3O3S/c1-18-9-6-15-7-12-19(13-8-15)14-16-4-5-17(23-16)24(21,22)20-10-2-3-11-20/h4-5,15,18H,2-3,6-14H2,1H3. The molecule has 0 bridgehead atoms. The van der Waals surface area contributed by atoms with Crippen molar-refractivity contribution in [3.8, 4) is 0 Å². The highest BCUT2D eigenvalue weighted by Gasteiger charge is 2.30. The number of furan rings is 1. The van der Waals surface area contributed by atoms with Crippen LogP contribution in [0.25, 0.3) is 0 Å². The van der Waals surface area contributed by atoms with Crippen molar-refractivity contribution in [2.45, 2.75) is 43.7 Å². The molecule has 0 aromatic carbocycles. The number of rotatable bonds is 7. The molecule has 3 rings (SSSR count). The van der Waals surface area contributed by atoms with Crippen molar-refractivity contribution in [2.24, 2.45) is 5.92 Å². The summed E-state index contributed by atoms with van der Waals surface area (Å²) in [5, 5.41) is 3.32. The first-order valence-corrected chi connectivity index (χ1v) is 10.5. The molecule has 6 nitrogen and oxygen atoms in total. The monoisotopic (exact) mass is 355 g/mol. The maximum Gasteiger partial charge on any atom is 0.276 e. The lowest BCUT2D eigenvalue weighted by Gasteiger charge is -2.31. The van der Waals surface area contributed by atoms with E-state index in [-0.39, 0.29) is 5.09 Å². The molecule has 2 aliphatic heterocycles. The van der Waals surface area contributed by atoms with Gasteiger partial charge in [0.2, 0.25) is 5.09 Å². The summed E-state index contributed by atoms with van der Waals surface area (Å²) in [6.45, 7) is 5.12. The van der Waals surface area contributed by atoms with Crippen molar-refractivity contribution < 1.29 is 12.8 Å². The summed E-state index contributed by atoms with van der Waals surface area (Å²) in [6, 6.07) is 3.43. The van der Waals surface area contributed by atoms with Crippen LogP contribution in [0.3, 0.4) is 0 Å².